The number of hydrogen-bond acceptors (Lipinski definition) is 3. The third-order valence-electron chi connectivity index (χ3n) is 2.84. The molecule has 0 aliphatic heterocycles. The lowest BCUT2D eigenvalue weighted by Crippen LogP contribution is -2.26. The molecule has 0 fully saturated rings. The molecule has 5 heteroatoms. The van der Waals surface area contributed by atoms with E-state index in [0.29, 0.717) is 24.5 Å². The van der Waals surface area contributed by atoms with Crippen LogP contribution >= 0.6 is 27.3 Å². The molecule has 1 aromatic carbocycles. The first kappa shape index (κ1) is 15.8. The summed E-state index contributed by atoms with van der Waals surface area (Å²) in [7, 11) is 1.79. The number of halogens is 1. The predicted octanol–water partition coefficient (Wildman–Crippen LogP) is 4.35. The fraction of sp³-hybridized carbons (Fsp3) is 0.188. The lowest BCUT2D eigenvalue weighted by atomic mass is 10.1. The van der Waals surface area contributed by atoms with E-state index in [-0.39, 0.29) is 5.91 Å². The number of benzene rings is 1. The van der Waals surface area contributed by atoms with Gasteiger partial charge in [0.1, 0.15) is 12.4 Å². The van der Waals surface area contributed by atoms with Gasteiger partial charge in [0.05, 0.1) is 15.9 Å². The largest absolute Gasteiger partial charge is 0.489 e. The van der Waals surface area contributed by atoms with Crippen LogP contribution in [0.25, 0.3) is 0 Å². The summed E-state index contributed by atoms with van der Waals surface area (Å²) in [6.45, 7) is 4.58. The molecule has 1 amide bonds. The first-order valence-corrected chi connectivity index (χ1v) is 8.05. The first-order chi connectivity index (χ1) is 10.1. The van der Waals surface area contributed by atoms with Gasteiger partial charge in [-0.15, -0.1) is 11.3 Å². The van der Waals surface area contributed by atoms with Crippen LogP contribution in [0.1, 0.15) is 15.2 Å². The van der Waals surface area contributed by atoms with Crippen LogP contribution in [0.4, 0.5) is 0 Å². The van der Waals surface area contributed by atoms with Crippen LogP contribution in [0.5, 0.6) is 5.75 Å². The fourth-order valence-electron chi connectivity index (χ4n) is 1.87. The molecular weight excluding hydrogens is 350 g/mol. The molecule has 2 rings (SSSR count). The fourth-order valence-corrected chi connectivity index (χ4v) is 3.40. The van der Waals surface area contributed by atoms with Crippen molar-refractivity contribution in [2.24, 2.45) is 0 Å². The van der Waals surface area contributed by atoms with Gasteiger partial charge in [0.15, 0.2) is 0 Å². The molecule has 0 bridgehead atoms. The van der Waals surface area contributed by atoms with Gasteiger partial charge in [-0.25, -0.2) is 0 Å². The van der Waals surface area contributed by atoms with E-state index in [1.807, 2.05) is 24.3 Å². The minimum atomic E-state index is -0.0563. The Labute approximate surface area is 137 Å². The third kappa shape index (κ3) is 4.19. The zero-order valence-electron chi connectivity index (χ0n) is 11.7. The van der Waals surface area contributed by atoms with Crippen molar-refractivity contribution >= 4 is 33.2 Å². The summed E-state index contributed by atoms with van der Waals surface area (Å²) in [5.41, 5.74) is 0.567. The number of nitrogens with zero attached hydrogens (tertiary/aromatic N) is 1. The Hall–Kier alpha value is -1.59. The Morgan fingerprint density at radius 3 is 2.81 bits per heavy atom. The van der Waals surface area contributed by atoms with Crippen molar-refractivity contribution in [3.05, 3.63) is 63.3 Å². The molecule has 2 aromatic rings. The van der Waals surface area contributed by atoms with Crippen LogP contribution in [0.2, 0.25) is 0 Å². The summed E-state index contributed by atoms with van der Waals surface area (Å²) in [5.74, 6) is 0.529. The molecule has 0 saturated carbocycles. The number of carbonyl (C=O) groups excluding carboxylic acids is 1. The number of amides is 1. The van der Waals surface area contributed by atoms with Gasteiger partial charge >= 0.3 is 0 Å². The Balaban J connectivity index is 2.13. The van der Waals surface area contributed by atoms with Crippen LogP contribution in [0.15, 0.2) is 52.8 Å². The van der Waals surface area contributed by atoms with Crippen molar-refractivity contribution in [2.75, 3.05) is 13.7 Å². The van der Waals surface area contributed by atoms with Gasteiger partial charge in [-0.1, -0.05) is 24.8 Å². The van der Waals surface area contributed by atoms with Crippen LogP contribution in [-0.4, -0.2) is 24.5 Å². The number of rotatable bonds is 6. The summed E-state index contributed by atoms with van der Waals surface area (Å²) in [4.78, 5) is 15.4. The van der Waals surface area contributed by atoms with Crippen LogP contribution in [0, 0.1) is 0 Å². The van der Waals surface area contributed by atoms with E-state index in [4.69, 9.17) is 4.74 Å². The van der Waals surface area contributed by atoms with Gasteiger partial charge in [0.25, 0.3) is 5.91 Å². The molecule has 0 atom stereocenters. The van der Waals surface area contributed by atoms with E-state index < -0.39 is 0 Å². The van der Waals surface area contributed by atoms with Gasteiger partial charge in [-0.2, -0.15) is 0 Å². The Kier molecular flexibility index (Phi) is 5.59. The first-order valence-electron chi connectivity index (χ1n) is 6.44. The standard InChI is InChI=1S/C16H16BrNO2S/c1-3-10-20-14-7-5-4-6-13(14)16(19)18(2)11-12-8-9-15(17)21-12/h3-9H,1,10-11H2,2H3. The van der Waals surface area contributed by atoms with E-state index in [0.717, 1.165) is 8.66 Å². The molecule has 3 nitrogen and oxygen atoms in total. The lowest BCUT2D eigenvalue weighted by molar-refractivity contribution is 0.0782. The molecule has 21 heavy (non-hydrogen) atoms. The van der Waals surface area contributed by atoms with Crippen molar-refractivity contribution in [3.8, 4) is 5.75 Å². The molecule has 1 aromatic heterocycles. The van der Waals surface area contributed by atoms with Gasteiger partial charge in [0, 0.05) is 11.9 Å². The van der Waals surface area contributed by atoms with Crippen LogP contribution in [-0.2, 0) is 6.54 Å². The maximum Gasteiger partial charge on any atom is 0.257 e. The van der Waals surface area contributed by atoms with Crippen molar-refractivity contribution in [2.45, 2.75) is 6.54 Å². The SMILES string of the molecule is C=CCOc1ccccc1C(=O)N(C)Cc1ccc(Br)s1. The van der Waals surface area contributed by atoms with Crippen molar-refractivity contribution in [1.82, 2.24) is 4.90 Å². The van der Waals surface area contributed by atoms with E-state index >= 15 is 0 Å². The number of carbonyl (C=O) groups is 1. The number of ether oxygens (including phenoxy) is 1. The molecule has 0 unspecified atom stereocenters. The van der Waals surface area contributed by atoms with Gasteiger partial charge < -0.3 is 9.64 Å². The number of hydrogen-bond donors (Lipinski definition) is 0. The van der Waals surface area contributed by atoms with Gasteiger partial charge in [-0.05, 0) is 40.2 Å². The number of para-hydroxylation sites is 1. The molecule has 0 spiro atoms. The average Bonchev–Trinajstić information content (AvgIpc) is 2.89. The molecule has 0 aliphatic carbocycles. The second-order valence-corrected chi connectivity index (χ2v) is 7.01. The summed E-state index contributed by atoms with van der Waals surface area (Å²) >= 11 is 5.05. The zero-order valence-corrected chi connectivity index (χ0v) is 14.1. The average molecular weight is 366 g/mol. The third-order valence-corrected chi connectivity index (χ3v) is 4.45. The quantitative estimate of drug-likeness (QED) is 0.712. The summed E-state index contributed by atoms with van der Waals surface area (Å²) < 4.78 is 6.60. The highest BCUT2D eigenvalue weighted by Gasteiger charge is 2.17. The Morgan fingerprint density at radius 1 is 1.38 bits per heavy atom. The van der Waals surface area contributed by atoms with Gasteiger partial charge in [-0.3, -0.25) is 4.79 Å². The summed E-state index contributed by atoms with van der Waals surface area (Å²) in [6, 6.07) is 11.3. The normalized spacial score (nSPS) is 10.2. The Morgan fingerprint density at radius 2 is 2.14 bits per heavy atom. The van der Waals surface area contributed by atoms with E-state index in [1.165, 1.54) is 0 Å². The van der Waals surface area contributed by atoms with E-state index in [9.17, 15) is 4.79 Å². The van der Waals surface area contributed by atoms with E-state index in [2.05, 4.69) is 22.5 Å². The molecule has 1 heterocycles. The highest BCUT2D eigenvalue weighted by atomic mass is 79.9. The highest BCUT2D eigenvalue weighted by Crippen LogP contribution is 2.25. The van der Waals surface area contributed by atoms with Crippen LogP contribution < -0.4 is 4.74 Å². The van der Waals surface area contributed by atoms with Gasteiger partial charge in [0.2, 0.25) is 0 Å². The molecule has 0 N–H and O–H groups in total. The number of thiophene rings is 1. The smallest absolute Gasteiger partial charge is 0.257 e. The monoisotopic (exact) mass is 365 g/mol. The molecule has 110 valence electrons. The van der Waals surface area contributed by atoms with Crippen molar-refractivity contribution in [1.29, 1.82) is 0 Å². The maximum atomic E-state index is 12.6. The summed E-state index contributed by atoms with van der Waals surface area (Å²) in [5, 5.41) is 0. The topological polar surface area (TPSA) is 29.5 Å². The maximum absolute atomic E-state index is 12.6. The Bertz CT molecular complexity index is 639. The lowest BCUT2D eigenvalue weighted by Gasteiger charge is -2.18. The second kappa shape index (κ2) is 7.43. The molecule has 0 radical (unpaired) electrons. The summed E-state index contributed by atoms with van der Waals surface area (Å²) in [6.07, 6.45) is 1.66. The second-order valence-electron chi connectivity index (χ2n) is 4.46. The highest BCUT2D eigenvalue weighted by molar-refractivity contribution is 9.11. The molecular formula is C16H16BrNO2S. The van der Waals surface area contributed by atoms with Crippen LogP contribution in [0.3, 0.4) is 0 Å². The minimum Gasteiger partial charge on any atom is -0.489 e. The molecule has 0 saturated heterocycles. The molecule has 0 aliphatic rings. The zero-order chi connectivity index (χ0) is 15.2. The minimum absolute atomic E-state index is 0.0563. The van der Waals surface area contributed by atoms with Crippen molar-refractivity contribution in [3.63, 3.8) is 0 Å². The van der Waals surface area contributed by atoms with E-state index in [1.54, 1.807) is 41.5 Å². The predicted molar refractivity (Wildman–Crippen MR) is 90.0 cm³/mol. The van der Waals surface area contributed by atoms with Crippen molar-refractivity contribution < 1.29 is 9.53 Å².